The highest BCUT2D eigenvalue weighted by atomic mass is 35.5. The topological polar surface area (TPSA) is 94.1 Å². The molecule has 1 aromatic carbocycles. The standard InChI is InChI=1S/C12H10ClFN4O2/c13-8-5-7(1-2-9(8)14)6-16-12-10(18(19)20)3-4-11(15)17-12/h1-5H,6H2,(H3,15,16,17). The third kappa shape index (κ3) is 3.12. The molecule has 0 spiro atoms. The number of hydrogen-bond donors (Lipinski definition) is 2. The summed E-state index contributed by atoms with van der Waals surface area (Å²) in [6.45, 7) is 0.206. The normalized spacial score (nSPS) is 10.3. The van der Waals surface area contributed by atoms with Crippen LogP contribution in [0, 0.1) is 15.9 Å². The molecule has 0 aliphatic rings. The molecular formula is C12H10ClFN4O2. The first-order valence-corrected chi connectivity index (χ1v) is 5.94. The number of hydrogen-bond acceptors (Lipinski definition) is 5. The summed E-state index contributed by atoms with van der Waals surface area (Å²) >= 11 is 5.66. The molecule has 0 aliphatic heterocycles. The first kappa shape index (κ1) is 14.0. The highest BCUT2D eigenvalue weighted by molar-refractivity contribution is 6.30. The molecule has 0 aliphatic carbocycles. The second kappa shape index (κ2) is 5.70. The van der Waals surface area contributed by atoms with Gasteiger partial charge in [0.25, 0.3) is 0 Å². The van der Waals surface area contributed by atoms with Gasteiger partial charge in [-0.3, -0.25) is 10.1 Å². The lowest BCUT2D eigenvalue weighted by molar-refractivity contribution is -0.384. The maximum Gasteiger partial charge on any atom is 0.311 e. The number of nitro groups is 1. The average Bonchev–Trinajstić information content (AvgIpc) is 2.40. The van der Waals surface area contributed by atoms with Crippen LogP contribution >= 0.6 is 11.6 Å². The van der Waals surface area contributed by atoms with E-state index in [-0.39, 0.29) is 28.9 Å². The minimum atomic E-state index is -0.563. The number of benzene rings is 1. The highest BCUT2D eigenvalue weighted by Gasteiger charge is 2.15. The summed E-state index contributed by atoms with van der Waals surface area (Å²) in [7, 11) is 0. The number of halogens is 2. The van der Waals surface area contributed by atoms with Crippen molar-refractivity contribution in [1.82, 2.24) is 4.98 Å². The van der Waals surface area contributed by atoms with Gasteiger partial charge in [0, 0.05) is 12.6 Å². The van der Waals surface area contributed by atoms with E-state index < -0.39 is 10.7 Å². The SMILES string of the molecule is Nc1ccc([N+](=O)[O-])c(NCc2ccc(F)c(Cl)c2)n1. The van der Waals surface area contributed by atoms with Crippen LogP contribution in [0.1, 0.15) is 5.56 Å². The van der Waals surface area contributed by atoms with Gasteiger partial charge < -0.3 is 11.1 Å². The molecule has 1 aromatic heterocycles. The van der Waals surface area contributed by atoms with Gasteiger partial charge in [0.15, 0.2) is 0 Å². The number of nitrogens with one attached hydrogen (secondary N) is 1. The third-order valence-corrected chi connectivity index (χ3v) is 2.83. The first-order valence-electron chi connectivity index (χ1n) is 5.56. The van der Waals surface area contributed by atoms with Gasteiger partial charge >= 0.3 is 5.69 Å². The summed E-state index contributed by atoms with van der Waals surface area (Å²) in [6, 6.07) is 6.79. The van der Waals surface area contributed by atoms with E-state index in [9.17, 15) is 14.5 Å². The lowest BCUT2D eigenvalue weighted by Gasteiger charge is -2.07. The number of nitrogen functional groups attached to an aromatic ring is 1. The Morgan fingerprint density at radius 2 is 2.15 bits per heavy atom. The number of nitrogens with zero attached hydrogens (tertiary/aromatic N) is 2. The van der Waals surface area contributed by atoms with Gasteiger partial charge in [-0.05, 0) is 23.8 Å². The van der Waals surface area contributed by atoms with Crippen LogP contribution in [0.2, 0.25) is 5.02 Å². The predicted molar refractivity (Wildman–Crippen MR) is 74.0 cm³/mol. The van der Waals surface area contributed by atoms with Gasteiger partial charge in [-0.2, -0.15) is 0 Å². The van der Waals surface area contributed by atoms with Crippen LogP contribution in [-0.2, 0) is 6.54 Å². The first-order chi connectivity index (χ1) is 9.47. The summed E-state index contributed by atoms with van der Waals surface area (Å²) in [6.07, 6.45) is 0. The third-order valence-electron chi connectivity index (χ3n) is 2.54. The van der Waals surface area contributed by atoms with Crippen LogP contribution in [0.25, 0.3) is 0 Å². The Balaban J connectivity index is 2.20. The van der Waals surface area contributed by atoms with Crippen molar-refractivity contribution in [3.63, 3.8) is 0 Å². The molecule has 3 N–H and O–H groups in total. The molecule has 0 saturated heterocycles. The van der Waals surface area contributed by atoms with Crippen molar-refractivity contribution in [2.24, 2.45) is 0 Å². The van der Waals surface area contributed by atoms with E-state index in [0.29, 0.717) is 5.56 Å². The Hall–Kier alpha value is -2.41. The van der Waals surface area contributed by atoms with E-state index in [1.165, 1.54) is 30.3 Å². The van der Waals surface area contributed by atoms with E-state index in [1.54, 1.807) is 0 Å². The molecule has 20 heavy (non-hydrogen) atoms. The smallest absolute Gasteiger partial charge is 0.311 e. The molecule has 0 saturated carbocycles. The van der Waals surface area contributed by atoms with Crippen molar-refractivity contribution >= 4 is 28.9 Å². The number of nitrogens with two attached hydrogens (primary N) is 1. The van der Waals surface area contributed by atoms with Crippen LogP contribution in [0.15, 0.2) is 30.3 Å². The van der Waals surface area contributed by atoms with Gasteiger partial charge in [0.05, 0.1) is 9.95 Å². The van der Waals surface area contributed by atoms with E-state index in [2.05, 4.69) is 10.3 Å². The summed E-state index contributed by atoms with van der Waals surface area (Å²) in [5.41, 5.74) is 5.97. The monoisotopic (exact) mass is 296 g/mol. The fourth-order valence-corrected chi connectivity index (χ4v) is 1.78. The molecule has 104 valence electrons. The molecule has 0 fully saturated rings. The van der Waals surface area contributed by atoms with Crippen LogP contribution < -0.4 is 11.1 Å². The minimum absolute atomic E-state index is 0.0145. The van der Waals surface area contributed by atoms with Crippen molar-refractivity contribution in [3.05, 3.63) is 56.8 Å². The predicted octanol–water partition coefficient (Wildman–Crippen LogP) is 2.98. The molecule has 6 nitrogen and oxygen atoms in total. The Kier molecular flexibility index (Phi) is 3.99. The molecule has 0 radical (unpaired) electrons. The highest BCUT2D eigenvalue weighted by Crippen LogP contribution is 2.24. The largest absolute Gasteiger partial charge is 0.384 e. The van der Waals surface area contributed by atoms with Crippen molar-refractivity contribution in [2.45, 2.75) is 6.54 Å². The molecule has 0 atom stereocenters. The second-order valence-electron chi connectivity index (χ2n) is 3.96. The summed E-state index contributed by atoms with van der Waals surface area (Å²) in [5, 5.41) is 13.6. The average molecular weight is 297 g/mol. The Bertz CT molecular complexity index is 666. The zero-order valence-corrected chi connectivity index (χ0v) is 10.9. The van der Waals surface area contributed by atoms with Gasteiger partial charge in [0.1, 0.15) is 11.6 Å². The van der Waals surface area contributed by atoms with Crippen molar-refractivity contribution in [1.29, 1.82) is 0 Å². The van der Waals surface area contributed by atoms with Gasteiger partial charge in [0.2, 0.25) is 5.82 Å². The van der Waals surface area contributed by atoms with Crippen LogP contribution in [0.3, 0.4) is 0 Å². The molecule has 2 aromatic rings. The van der Waals surface area contributed by atoms with Crippen molar-refractivity contribution in [3.8, 4) is 0 Å². The molecule has 0 unspecified atom stereocenters. The van der Waals surface area contributed by atoms with Gasteiger partial charge in [-0.1, -0.05) is 17.7 Å². The molecule has 0 amide bonds. The Labute approximate surface area is 118 Å². The zero-order chi connectivity index (χ0) is 14.7. The number of aromatic nitrogens is 1. The minimum Gasteiger partial charge on any atom is -0.384 e. The Morgan fingerprint density at radius 1 is 1.40 bits per heavy atom. The van der Waals surface area contributed by atoms with Crippen LogP contribution in [0.5, 0.6) is 0 Å². The number of pyridine rings is 1. The lowest BCUT2D eigenvalue weighted by Crippen LogP contribution is -2.06. The zero-order valence-electron chi connectivity index (χ0n) is 10.1. The molecule has 0 bridgehead atoms. The molecule has 2 rings (SSSR count). The van der Waals surface area contributed by atoms with Gasteiger partial charge in [-0.15, -0.1) is 0 Å². The molecular weight excluding hydrogens is 287 g/mol. The fourth-order valence-electron chi connectivity index (χ4n) is 1.58. The maximum absolute atomic E-state index is 13.0. The van der Waals surface area contributed by atoms with Gasteiger partial charge in [-0.25, -0.2) is 9.37 Å². The lowest BCUT2D eigenvalue weighted by atomic mass is 10.2. The summed E-state index contributed by atoms with van der Waals surface area (Å²) in [5.74, 6) is -0.311. The summed E-state index contributed by atoms with van der Waals surface area (Å²) < 4.78 is 13.0. The van der Waals surface area contributed by atoms with Crippen molar-refractivity contribution in [2.75, 3.05) is 11.1 Å². The number of anilines is 2. The quantitative estimate of drug-likeness (QED) is 0.668. The van der Waals surface area contributed by atoms with E-state index in [0.717, 1.165) is 0 Å². The Morgan fingerprint density at radius 3 is 2.80 bits per heavy atom. The fraction of sp³-hybridized carbons (Fsp3) is 0.0833. The van der Waals surface area contributed by atoms with E-state index >= 15 is 0 Å². The maximum atomic E-state index is 13.0. The summed E-state index contributed by atoms with van der Waals surface area (Å²) in [4.78, 5) is 14.2. The second-order valence-corrected chi connectivity index (χ2v) is 4.37. The van der Waals surface area contributed by atoms with Crippen LogP contribution in [0.4, 0.5) is 21.7 Å². The number of rotatable bonds is 4. The molecule has 8 heteroatoms. The van der Waals surface area contributed by atoms with E-state index in [4.69, 9.17) is 17.3 Å². The van der Waals surface area contributed by atoms with Crippen LogP contribution in [-0.4, -0.2) is 9.91 Å². The van der Waals surface area contributed by atoms with E-state index in [1.807, 2.05) is 0 Å². The molecule has 1 heterocycles. The van der Waals surface area contributed by atoms with Crippen molar-refractivity contribution < 1.29 is 9.31 Å².